The van der Waals surface area contributed by atoms with Gasteiger partial charge in [0.25, 0.3) is 0 Å². The third-order valence-corrected chi connectivity index (χ3v) is 6.66. The van der Waals surface area contributed by atoms with E-state index in [9.17, 15) is 0 Å². The number of anilines is 1. The second-order valence-electron chi connectivity index (χ2n) is 8.77. The topological polar surface area (TPSA) is 35.5 Å². The molecule has 0 spiro atoms. The van der Waals surface area contributed by atoms with Crippen molar-refractivity contribution in [1.82, 2.24) is 19.8 Å². The monoisotopic (exact) mass is 507 g/mol. The number of likely N-dealkylation sites (tertiary alicyclic amines) is 1. The molecule has 0 bridgehead atoms. The van der Waals surface area contributed by atoms with Crippen LogP contribution < -0.4 is 4.90 Å². The van der Waals surface area contributed by atoms with E-state index in [1.807, 2.05) is 6.20 Å². The molecule has 0 aliphatic carbocycles. The number of hydrogen-bond donors (Lipinski definition) is 0. The highest BCUT2D eigenvalue weighted by molar-refractivity contribution is 9.10. The molecule has 5 nitrogen and oxygen atoms in total. The number of benzene rings is 2. The SMILES string of the molecule is Brc1cnc(N2CCN(Cc3ccccc3)CC2)cn1.c1ccc(CN2CCCCC2)cc1. The van der Waals surface area contributed by atoms with Crippen molar-refractivity contribution in [3.63, 3.8) is 0 Å². The molecule has 0 saturated carbocycles. The van der Waals surface area contributed by atoms with Crippen LogP contribution in [0.4, 0.5) is 5.82 Å². The van der Waals surface area contributed by atoms with E-state index in [0.29, 0.717) is 0 Å². The Labute approximate surface area is 206 Å². The number of rotatable bonds is 5. The normalized spacial score (nSPS) is 17.3. The lowest BCUT2D eigenvalue weighted by atomic mass is 10.1. The third-order valence-electron chi connectivity index (χ3n) is 6.25. The molecule has 2 saturated heterocycles. The van der Waals surface area contributed by atoms with Gasteiger partial charge < -0.3 is 4.90 Å². The average molecular weight is 509 g/mol. The van der Waals surface area contributed by atoms with Crippen molar-refractivity contribution in [2.75, 3.05) is 44.2 Å². The maximum atomic E-state index is 4.41. The van der Waals surface area contributed by atoms with Crippen molar-refractivity contribution in [3.05, 3.63) is 88.8 Å². The first-order chi connectivity index (χ1) is 16.3. The zero-order chi connectivity index (χ0) is 22.7. The van der Waals surface area contributed by atoms with Crippen LogP contribution in [0.1, 0.15) is 30.4 Å². The molecule has 1 aromatic heterocycles. The fourth-order valence-corrected chi connectivity index (χ4v) is 4.61. The van der Waals surface area contributed by atoms with Crippen molar-refractivity contribution in [1.29, 1.82) is 0 Å². The minimum Gasteiger partial charge on any atom is -0.353 e. The summed E-state index contributed by atoms with van der Waals surface area (Å²) in [6, 6.07) is 21.4. The number of aromatic nitrogens is 2. The average Bonchev–Trinajstić information content (AvgIpc) is 2.87. The molecular weight excluding hydrogens is 474 g/mol. The van der Waals surface area contributed by atoms with Crippen molar-refractivity contribution in [3.8, 4) is 0 Å². The maximum Gasteiger partial charge on any atom is 0.147 e. The van der Waals surface area contributed by atoms with Crippen LogP contribution in [-0.2, 0) is 13.1 Å². The molecule has 0 N–H and O–H groups in total. The Morgan fingerprint density at radius 3 is 1.67 bits per heavy atom. The van der Waals surface area contributed by atoms with Crippen LogP contribution in [0.15, 0.2) is 77.7 Å². The fraction of sp³-hybridized carbons (Fsp3) is 0.407. The highest BCUT2D eigenvalue weighted by Crippen LogP contribution is 2.15. The Hall–Kier alpha value is -2.28. The van der Waals surface area contributed by atoms with Gasteiger partial charge in [0.15, 0.2) is 0 Å². The minimum atomic E-state index is 0.781. The molecule has 2 fully saturated rings. The molecule has 3 aromatic rings. The predicted octanol–water partition coefficient (Wildman–Crippen LogP) is 5.23. The van der Waals surface area contributed by atoms with Gasteiger partial charge in [0.05, 0.1) is 12.4 Å². The van der Waals surface area contributed by atoms with E-state index in [1.165, 1.54) is 43.5 Å². The molecule has 2 aliphatic heterocycles. The zero-order valence-electron chi connectivity index (χ0n) is 19.3. The van der Waals surface area contributed by atoms with Gasteiger partial charge in [-0.3, -0.25) is 9.80 Å². The van der Waals surface area contributed by atoms with E-state index in [0.717, 1.165) is 49.7 Å². The standard InChI is InChI=1S/C15H17BrN4.C12H17N/c16-14-10-18-15(11-17-14)20-8-6-19(7-9-20)12-13-4-2-1-3-5-13;1-3-7-12(8-4-1)11-13-9-5-2-6-10-13/h1-5,10-11H,6-9,12H2;1,3-4,7-8H,2,5-6,9-11H2. The van der Waals surface area contributed by atoms with E-state index in [4.69, 9.17) is 0 Å². The summed E-state index contributed by atoms with van der Waals surface area (Å²) in [5.41, 5.74) is 2.83. The quantitative estimate of drug-likeness (QED) is 0.472. The van der Waals surface area contributed by atoms with E-state index in [-0.39, 0.29) is 0 Å². The van der Waals surface area contributed by atoms with Gasteiger partial charge in [-0.15, -0.1) is 0 Å². The lowest BCUT2D eigenvalue weighted by Gasteiger charge is -2.35. The van der Waals surface area contributed by atoms with Crippen molar-refractivity contribution >= 4 is 21.7 Å². The Kier molecular flexibility index (Phi) is 9.27. The number of halogens is 1. The van der Waals surface area contributed by atoms with Gasteiger partial charge in [0.1, 0.15) is 10.4 Å². The first-order valence-electron chi connectivity index (χ1n) is 12.0. The van der Waals surface area contributed by atoms with Gasteiger partial charge in [-0.05, 0) is 53.0 Å². The van der Waals surface area contributed by atoms with Gasteiger partial charge in [-0.25, -0.2) is 9.97 Å². The molecule has 6 heteroatoms. The summed E-state index contributed by atoms with van der Waals surface area (Å²) in [6.07, 6.45) is 7.77. The highest BCUT2D eigenvalue weighted by Gasteiger charge is 2.18. The molecule has 3 heterocycles. The molecule has 2 aromatic carbocycles. The van der Waals surface area contributed by atoms with Crippen molar-refractivity contribution < 1.29 is 0 Å². The van der Waals surface area contributed by atoms with Gasteiger partial charge >= 0.3 is 0 Å². The summed E-state index contributed by atoms with van der Waals surface area (Å²) >= 11 is 3.32. The molecule has 2 aliphatic rings. The van der Waals surface area contributed by atoms with Crippen LogP contribution in [0.3, 0.4) is 0 Å². The summed E-state index contributed by atoms with van der Waals surface area (Å²) in [7, 11) is 0. The predicted molar refractivity (Wildman–Crippen MR) is 139 cm³/mol. The zero-order valence-corrected chi connectivity index (χ0v) is 20.9. The first-order valence-corrected chi connectivity index (χ1v) is 12.8. The van der Waals surface area contributed by atoms with Crippen LogP contribution in [-0.4, -0.2) is 59.0 Å². The van der Waals surface area contributed by atoms with Gasteiger partial charge in [-0.1, -0.05) is 67.1 Å². The lowest BCUT2D eigenvalue weighted by Crippen LogP contribution is -2.46. The van der Waals surface area contributed by atoms with Crippen LogP contribution in [0.25, 0.3) is 0 Å². The summed E-state index contributed by atoms with van der Waals surface area (Å²) in [4.78, 5) is 16.0. The number of nitrogens with zero attached hydrogens (tertiary/aromatic N) is 5. The molecule has 174 valence electrons. The molecule has 33 heavy (non-hydrogen) atoms. The summed E-state index contributed by atoms with van der Waals surface area (Å²) in [5, 5.41) is 0. The van der Waals surface area contributed by atoms with E-state index in [1.54, 1.807) is 6.20 Å². The Bertz CT molecular complexity index is 922. The fourth-order valence-electron chi connectivity index (χ4n) is 4.40. The van der Waals surface area contributed by atoms with Crippen molar-refractivity contribution in [2.24, 2.45) is 0 Å². The lowest BCUT2D eigenvalue weighted by molar-refractivity contribution is 0.221. The largest absolute Gasteiger partial charge is 0.353 e. The molecular formula is C27H34BrN5. The van der Waals surface area contributed by atoms with E-state index < -0.39 is 0 Å². The molecule has 5 rings (SSSR count). The molecule has 0 atom stereocenters. The second kappa shape index (κ2) is 12.8. The summed E-state index contributed by atoms with van der Waals surface area (Å²) in [6.45, 7) is 8.87. The Morgan fingerprint density at radius 2 is 1.15 bits per heavy atom. The highest BCUT2D eigenvalue weighted by atomic mass is 79.9. The number of hydrogen-bond acceptors (Lipinski definition) is 5. The Morgan fingerprint density at radius 1 is 0.606 bits per heavy atom. The van der Waals surface area contributed by atoms with E-state index in [2.05, 4.69) is 101 Å². The number of piperidine rings is 1. The van der Waals surface area contributed by atoms with Crippen LogP contribution in [0.2, 0.25) is 0 Å². The second-order valence-corrected chi connectivity index (χ2v) is 9.58. The van der Waals surface area contributed by atoms with Gasteiger partial charge in [0.2, 0.25) is 0 Å². The molecule has 0 unspecified atom stereocenters. The molecule has 0 amide bonds. The third kappa shape index (κ3) is 7.91. The van der Waals surface area contributed by atoms with Crippen molar-refractivity contribution in [2.45, 2.75) is 32.4 Å². The van der Waals surface area contributed by atoms with Gasteiger partial charge in [-0.2, -0.15) is 0 Å². The summed E-state index contributed by atoms with van der Waals surface area (Å²) in [5.74, 6) is 0.965. The molecule has 0 radical (unpaired) electrons. The minimum absolute atomic E-state index is 0.781. The van der Waals surface area contributed by atoms with Crippen LogP contribution in [0.5, 0.6) is 0 Å². The Balaban J connectivity index is 0.000000172. The smallest absolute Gasteiger partial charge is 0.147 e. The first kappa shape index (κ1) is 23.9. The van der Waals surface area contributed by atoms with Crippen LogP contribution >= 0.6 is 15.9 Å². The van der Waals surface area contributed by atoms with Gasteiger partial charge in [0, 0.05) is 39.3 Å². The van der Waals surface area contributed by atoms with Crippen LogP contribution in [0, 0.1) is 0 Å². The van der Waals surface area contributed by atoms with E-state index >= 15 is 0 Å². The number of piperazine rings is 1. The summed E-state index contributed by atoms with van der Waals surface area (Å²) < 4.78 is 0.781. The maximum absolute atomic E-state index is 4.41.